The van der Waals surface area contributed by atoms with E-state index in [9.17, 15) is 0 Å². The lowest BCUT2D eigenvalue weighted by Crippen LogP contribution is -2.20. The molecule has 0 saturated heterocycles. The lowest BCUT2D eigenvalue weighted by molar-refractivity contribution is 0.205. The van der Waals surface area contributed by atoms with Crippen LogP contribution in [-0.2, 0) is 5.41 Å². The summed E-state index contributed by atoms with van der Waals surface area (Å²) in [6.45, 7) is 15.4. The highest BCUT2D eigenvalue weighted by atomic mass is 16.5. The number of aromatic nitrogens is 2. The van der Waals surface area contributed by atoms with Crippen LogP contribution in [0.1, 0.15) is 59.4 Å². The van der Waals surface area contributed by atoms with E-state index in [1.165, 1.54) is 0 Å². The first-order valence-electron chi connectivity index (χ1n) is 7.09. The van der Waals surface area contributed by atoms with Crippen LogP contribution in [0.2, 0.25) is 0 Å². The molecule has 0 aliphatic rings. The number of anilines is 1. The fourth-order valence-electron chi connectivity index (χ4n) is 1.56. The Bertz CT molecular complexity index is 424. The van der Waals surface area contributed by atoms with Gasteiger partial charge in [-0.15, -0.1) is 0 Å². The van der Waals surface area contributed by atoms with E-state index in [-0.39, 0.29) is 11.5 Å². The maximum atomic E-state index is 5.93. The molecule has 1 N–H and O–H groups in total. The first-order chi connectivity index (χ1) is 8.79. The fourth-order valence-corrected chi connectivity index (χ4v) is 1.56. The van der Waals surface area contributed by atoms with E-state index in [1.807, 2.05) is 6.92 Å². The second-order valence-corrected chi connectivity index (χ2v) is 5.94. The minimum Gasteiger partial charge on any atom is -0.474 e. The minimum absolute atomic E-state index is 0.0918. The molecule has 0 aromatic carbocycles. The van der Waals surface area contributed by atoms with Gasteiger partial charge in [0.25, 0.3) is 0 Å². The van der Waals surface area contributed by atoms with Crippen LogP contribution in [0, 0.1) is 6.92 Å². The topological polar surface area (TPSA) is 47.0 Å². The zero-order valence-electron chi connectivity index (χ0n) is 13.3. The van der Waals surface area contributed by atoms with Gasteiger partial charge in [0.15, 0.2) is 0 Å². The van der Waals surface area contributed by atoms with E-state index in [1.54, 1.807) is 0 Å². The Balaban J connectivity index is 3.23. The highest BCUT2D eigenvalue weighted by molar-refractivity contribution is 5.49. The van der Waals surface area contributed by atoms with E-state index in [4.69, 9.17) is 4.74 Å². The second kappa shape index (κ2) is 6.22. The molecule has 4 nitrogen and oxygen atoms in total. The van der Waals surface area contributed by atoms with Crippen LogP contribution in [0.15, 0.2) is 0 Å². The normalized spacial score (nSPS) is 13.2. The quantitative estimate of drug-likeness (QED) is 0.882. The smallest absolute Gasteiger partial charge is 0.222 e. The van der Waals surface area contributed by atoms with Crippen LogP contribution in [-0.4, -0.2) is 22.6 Å². The highest BCUT2D eigenvalue weighted by Gasteiger charge is 2.22. The minimum atomic E-state index is -0.0918. The maximum Gasteiger partial charge on any atom is 0.222 e. The van der Waals surface area contributed by atoms with Crippen molar-refractivity contribution in [3.8, 4) is 5.88 Å². The second-order valence-electron chi connectivity index (χ2n) is 5.94. The molecule has 1 aromatic heterocycles. The van der Waals surface area contributed by atoms with E-state index < -0.39 is 0 Å². The molecule has 4 heteroatoms. The van der Waals surface area contributed by atoms with Gasteiger partial charge in [-0.1, -0.05) is 27.7 Å². The number of nitrogens with zero attached hydrogens (tertiary/aromatic N) is 2. The molecule has 0 radical (unpaired) electrons. The molecule has 0 amide bonds. The molecule has 19 heavy (non-hydrogen) atoms. The Morgan fingerprint density at radius 3 is 2.32 bits per heavy atom. The summed E-state index contributed by atoms with van der Waals surface area (Å²) in [4.78, 5) is 9.23. The number of ether oxygens (including phenoxy) is 1. The predicted molar refractivity (Wildman–Crippen MR) is 80.0 cm³/mol. The molecule has 0 bridgehead atoms. The molecule has 1 rings (SSSR count). The Morgan fingerprint density at radius 2 is 1.84 bits per heavy atom. The summed E-state index contributed by atoms with van der Waals surface area (Å²) < 4.78 is 5.93. The van der Waals surface area contributed by atoms with Gasteiger partial charge in [-0.3, -0.25) is 0 Å². The van der Waals surface area contributed by atoms with Crippen LogP contribution >= 0.6 is 0 Å². The van der Waals surface area contributed by atoms with Gasteiger partial charge in [-0.05, 0) is 27.2 Å². The van der Waals surface area contributed by atoms with Gasteiger partial charge < -0.3 is 10.1 Å². The van der Waals surface area contributed by atoms with Gasteiger partial charge in [0.2, 0.25) is 5.88 Å². The third-order valence-corrected chi connectivity index (χ3v) is 3.00. The van der Waals surface area contributed by atoms with Crippen molar-refractivity contribution in [2.24, 2.45) is 0 Å². The molecule has 0 fully saturated rings. The van der Waals surface area contributed by atoms with E-state index in [0.29, 0.717) is 5.88 Å². The molecule has 0 aliphatic heterocycles. The number of nitrogens with one attached hydrogen (secondary N) is 1. The Hall–Kier alpha value is -1.32. The third kappa shape index (κ3) is 4.08. The molecule has 0 spiro atoms. The third-order valence-electron chi connectivity index (χ3n) is 3.00. The van der Waals surface area contributed by atoms with Crippen molar-refractivity contribution in [2.45, 2.75) is 66.4 Å². The summed E-state index contributed by atoms with van der Waals surface area (Å²) in [6, 6.07) is 0. The van der Waals surface area contributed by atoms with E-state index in [2.05, 4.69) is 56.8 Å². The lowest BCUT2D eigenvalue weighted by Gasteiger charge is -2.22. The van der Waals surface area contributed by atoms with Crippen molar-refractivity contribution in [1.29, 1.82) is 0 Å². The summed E-state index contributed by atoms with van der Waals surface area (Å²) in [5.74, 6) is 2.39. The van der Waals surface area contributed by atoms with Crippen LogP contribution in [0.25, 0.3) is 0 Å². The van der Waals surface area contributed by atoms with Gasteiger partial charge >= 0.3 is 0 Å². The zero-order valence-corrected chi connectivity index (χ0v) is 13.3. The van der Waals surface area contributed by atoms with Gasteiger partial charge in [0, 0.05) is 12.0 Å². The van der Waals surface area contributed by atoms with Gasteiger partial charge in [-0.25, -0.2) is 4.98 Å². The van der Waals surface area contributed by atoms with Crippen molar-refractivity contribution >= 4 is 5.82 Å². The zero-order chi connectivity index (χ0) is 14.6. The van der Waals surface area contributed by atoms with Crippen molar-refractivity contribution in [2.75, 3.05) is 11.9 Å². The predicted octanol–water partition coefficient (Wildman–Crippen LogP) is 3.69. The molecule has 1 atom stereocenters. The molecular formula is C15H27N3O. The van der Waals surface area contributed by atoms with Crippen LogP contribution in [0.5, 0.6) is 5.88 Å². The first kappa shape index (κ1) is 15.7. The van der Waals surface area contributed by atoms with E-state index >= 15 is 0 Å². The van der Waals surface area contributed by atoms with Crippen molar-refractivity contribution in [3.05, 3.63) is 11.4 Å². The summed E-state index contributed by atoms with van der Waals surface area (Å²) in [5.41, 5.74) is 0.890. The highest BCUT2D eigenvalue weighted by Crippen LogP contribution is 2.28. The molecule has 1 heterocycles. The number of hydrogen-bond acceptors (Lipinski definition) is 4. The average Bonchev–Trinajstić information content (AvgIpc) is 2.32. The van der Waals surface area contributed by atoms with Crippen LogP contribution < -0.4 is 10.1 Å². The standard InChI is InChI=1S/C15H27N3O/c1-8-10(3)19-13-11(4)12(16-9-2)17-14(18-13)15(5,6)7/h10H,8-9H2,1-7H3,(H,16,17,18). The van der Waals surface area contributed by atoms with E-state index in [0.717, 1.165) is 30.2 Å². The molecule has 1 unspecified atom stereocenters. The summed E-state index contributed by atoms with van der Waals surface area (Å²) in [5, 5.41) is 3.29. The first-order valence-corrected chi connectivity index (χ1v) is 7.09. The average molecular weight is 265 g/mol. The van der Waals surface area contributed by atoms with Crippen LogP contribution in [0.4, 0.5) is 5.82 Å². The Kier molecular flexibility index (Phi) is 5.15. The molecule has 108 valence electrons. The molecule has 0 saturated carbocycles. The number of rotatable bonds is 5. The van der Waals surface area contributed by atoms with Crippen molar-refractivity contribution in [3.63, 3.8) is 0 Å². The van der Waals surface area contributed by atoms with Gasteiger partial charge in [0.05, 0.1) is 11.7 Å². The summed E-state index contributed by atoms with van der Waals surface area (Å²) >= 11 is 0. The van der Waals surface area contributed by atoms with Crippen molar-refractivity contribution in [1.82, 2.24) is 9.97 Å². The van der Waals surface area contributed by atoms with Crippen molar-refractivity contribution < 1.29 is 4.74 Å². The fraction of sp³-hybridized carbons (Fsp3) is 0.733. The Morgan fingerprint density at radius 1 is 1.21 bits per heavy atom. The van der Waals surface area contributed by atoms with Gasteiger partial charge in [-0.2, -0.15) is 4.98 Å². The molecule has 0 aliphatic carbocycles. The molecule has 1 aromatic rings. The molecular weight excluding hydrogens is 238 g/mol. The Labute approximate surface area is 117 Å². The largest absolute Gasteiger partial charge is 0.474 e. The lowest BCUT2D eigenvalue weighted by atomic mass is 9.95. The van der Waals surface area contributed by atoms with Crippen LogP contribution in [0.3, 0.4) is 0 Å². The summed E-state index contributed by atoms with van der Waals surface area (Å²) in [6.07, 6.45) is 1.13. The van der Waals surface area contributed by atoms with Gasteiger partial charge in [0.1, 0.15) is 11.6 Å². The monoisotopic (exact) mass is 265 g/mol. The summed E-state index contributed by atoms with van der Waals surface area (Å²) in [7, 11) is 0. The number of hydrogen-bond donors (Lipinski definition) is 1. The SMILES string of the molecule is CCNc1nc(C(C)(C)C)nc(OC(C)CC)c1C. The maximum absolute atomic E-state index is 5.93.